The Morgan fingerprint density at radius 2 is 2.11 bits per heavy atom. The highest BCUT2D eigenvalue weighted by Gasteiger charge is 2.37. The lowest BCUT2D eigenvalue weighted by Gasteiger charge is -2.20. The lowest BCUT2D eigenvalue weighted by Crippen LogP contribution is -2.49. The van der Waals surface area contributed by atoms with Gasteiger partial charge in [0.2, 0.25) is 5.91 Å². The van der Waals surface area contributed by atoms with Crippen LogP contribution in [0.5, 0.6) is 0 Å². The normalized spacial score (nSPS) is 22.8. The zero-order valence-electron chi connectivity index (χ0n) is 15.5. The predicted molar refractivity (Wildman–Crippen MR) is 102 cm³/mol. The second-order valence-corrected chi connectivity index (χ2v) is 6.94. The number of aliphatic hydroxyl groups excluding tert-OH is 1. The molecule has 1 aromatic heterocycles. The van der Waals surface area contributed by atoms with Crippen LogP contribution in [0.15, 0.2) is 46.1 Å². The molecule has 9 nitrogen and oxygen atoms in total. The Bertz CT molecular complexity index is 939. The minimum absolute atomic E-state index is 0.264. The standard InChI is InChI=1S/C19H24N4O5/c1-11-9-23(19(27)22-17(11)25)16-8-14(15(10-24)28-16)21-18(26)13(20)7-12-5-3-2-4-6-12/h2-6,9,13-16,24H,7-8,10,20H2,1H3,(H,21,26)(H,22,25,27)/t13?,14-,15+,16+/m0/s1. The average Bonchev–Trinajstić information content (AvgIpc) is 3.08. The van der Waals surface area contributed by atoms with E-state index < -0.39 is 35.7 Å². The Morgan fingerprint density at radius 1 is 1.39 bits per heavy atom. The molecule has 1 aromatic carbocycles. The number of H-pyrrole nitrogens is 1. The minimum atomic E-state index is -0.751. The zero-order valence-corrected chi connectivity index (χ0v) is 15.5. The monoisotopic (exact) mass is 388 g/mol. The summed E-state index contributed by atoms with van der Waals surface area (Å²) in [7, 11) is 0. The number of hydrogen-bond donors (Lipinski definition) is 4. The number of aliphatic hydroxyl groups is 1. The summed E-state index contributed by atoms with van der Waals surface area (Å²) in [5.74, 6) is -0.360. The molecule has 0 bridgehead atoms. The summed E-state index contributed by atoms with van der Waals surface area (Å²) in [5.41, 5.74) is 6.25. The minimum Gasteiger partial charge on any atom is -0.394 e. The summed E-state index contributed by atoms with van der Waals surface area (Å²) < 4.78 is 6.98. The Balaban J connectivity index is 1.68. The van der Waals surface area contributed by atoms with Crippen molar-refractivity contribution in [1.82, 2.24) is 14.9 Å². The number of nitrogens with two attached hydrogens (primary N) is 1. The lowest BCUT2D eigenvalue weighted by molar-refractivity contribution is -0.123. The largest absolute Gasteiger partial charge is 0.394 e. The molecule has 0 aliphatic carbocycles. The van der Waals surface area contributed by atoms with E-state index in [-0.39, 0.29) is 18.9 Å². The van der Waals surface area contributed by atoms with Crippen molar-refractivity contribution in [3.63, 3.8) is 0 Å². The molecule has 5 N–H and O–H groups in total. The number of carbonyl (C=O) groups excluding carboxylic acids is 1. The first-order valence-electron chi connectivity index (χ1n) is 9.07. The number of aromatic amines is 1. The second-order valence-electron chi connectivity index (χ2n) is 6.94. The number of carbonyl (C=O) groups is 1. The number of nitrogens with zero attached hydrogens (tertiary/aromatic N) is 1. The zero-order chi connectivity index (χ0) is 20.3. The van der Waals surface area contributed by atoms with Crippen LogP contribution in [0.4, 0.5) is 0 Å². The Morgan fingerprint density at radius 3 is 2.79 bits per heavy atom. The summed E-state index contributed by atoms with van der Waals surface area (Å²) >= 11 is 0. The molecule has 3 rings (SSSR count). The fraction of sp³-hybridized carbons (Fsp3) is 0.421. The quantitative estimate of drug-likeness (QED) is 0.510. The first kappa shape index (κ1) is 20.0. The molecule has 2 aromatic rings. The summed E-state index contributed by atoms with van der Waals surface area (Å²) in [6.07, 6.45) is 0.658. The van der Waals surface area contributed by atoms with Crippen molar-refractivity contribution in [3.8, 4) is 0 Å². The van der Waals surface area contributed by atoms with Gasteiger partial charge in [-0.05, 0) is 18.9 Å². The molecule has 4 atom stereocenters. The van der Waals surface area contributed by atoms with Gasteiger partial charge in [-0.1, -0.05) is 30.3 Å². The second kappa shape index (κ2) is 8.51. The van der Waals surface area contributed by atoms with Gasteiger partial charge in [0.25, 0.3) is 5.56 Å². The van der Waals surface area contributed by atoms with Gasteiger partial charge in [0.1, 0.15) is 12.3 Å². The van der Waals surface area contributed by atoms with E-state index in [0.29, 0.717) is 12.0 Å². The smallest absolute Gasteiger partial charge is 0.330 e. The number of benzene rings is 1. The Hall–Kier alpha value is -2.75. The number of aryl methyl sites for hydroxylation is 1. The van der Waals surface area contributed by atoms with Crippen LogP contribution in [0.2, 0.25) is 0 Å². The molecule has 2 heterocycles. The van der Waals surface area contributed by atoms with E-state index in [9.17, 15) is 19.5 Å². The molecule has 1 unspecified atom stereocenters. The van der Waals surface area contributed by atoms with Crippen LogP contribution in [0.3, 0.4) is 0 Å². The van der Waals surface area contributed by atoms with E-state index in [2.05, 4.69) is 10.3 Å². The number of aromatic nitrogens is 2. The number of ether oxygens (including phenoxy) is 1. The Labute approximate surface area is 161 Å². The van der Waals surface area contributed by atoms with Gasteiger partial charge in [-0.2, -0.15) is 0 Å². The topological polar surface area (TPSA) is 139 Å². The summed E-state index contributed by atoms with van der Waals surface area (Å²) in [4.78, 5) is 38.3. The molecule has 1 aliphatic rings. The van der Waals surface area contributed by atoms with Crippen LogP contribution in [-0.2, 0) is 16.0 Å². The van der Waals surface area contributed by atoms with Crippen LogP contribution in [0.25, 0.3) is 0 Å². The molecule has 1 fully saturated rings. The maximum atomic E-state index is 12.5. The number of amides is 1. The van der Waals surface area contributed by atoms with Crippen LogP contribution in [0.1, 0.15) is 23.8 Å². The number of hydrogen-bond acceptors (Lipinski definition) is 6. The highest BCUT2D eigenvalue weighted by Crippen LogP contribution is 2.27. The molecule has 0 saturated carbocycles. The third-order valence-corrected chi connectivity index (χ3v) is 4.84. The molecule has 9 heteroatoms. The molecule has 0 spiro atoms. The van der Waals surface area contributed by atoms with E-state index in [0.717, 1.165) is 5.56 Å². The van der Waals surface area contributed by atoms with Crippen molar-refractivity contribution in [1.29, 1.82) is 0 Å². The molecule has 1 amide bonds. The summed E-state index contributed by atoms with van der Waals surface area (Å²) in [5, 5.41) is 12.4. The van der Waals surface area contributed by atoms with Crippen LogP contribution in [-0.4, -0.2) is 45.4 Å². The Kier molecular flexibility index (Phi) is 6.08. The number of nitrogens with one attached hydrogen (secondary N) is 2. The van der Waals surface area contributed by atoms with Gasteiger partial charge < -0.3 is 20.9 Å². The summed E-state index contributed by atoms with van der Waals surface area (Å²) in [6, 6.07) is 8.16. The fourth-order valence-corrected chi connectivity index (χ4v) is 3.27. The first-order chi connectivity index (χ1) is 13.4. The third kappa shape index (κ3) is 4.38. The molecule has 1 aliphatic heterocycles. The average molecular weight is 388 g/mol. The number of rotatable bonds is 6. The predicted octanol–water partition coefficient (Wildman–Crippen LogP) is -0.820. The maximum absolute atomic E-state index is 12.5. The highest BCUT2D eigenvalue weighted by molar-refractivity contribution is 5.82. The van der Waals surface area contributed by atoms with Gasteiger partial charge in [-0.25, -0.2) is 4.79 Å². The molecule has 1 saturated heterocycles. The van der Waals surface area contributed by atoms with Crippen molar-refractivity contribution in [3.05, 3.63) is 68.5 Å². The SMILES string of the molecule is Cc1cn([C@H]2C[C@H](NC(=O)C(N)Cc3ccccc3)[C@@H](CO)O2)c(=O)[nH]c1=O. The van der Waals surface area contributed by atoms with Gasteiger partial charge in [0.15, 0.2) is 0 Å². The maximum Gasteiger partial charge on any atom is 0.330 e. The van der Waals surface area contributed by atoms with Crippen molar-refractivity contribution < 1.29 is 14.6 Å². The molecular weight excluding hydrogens is 364 g/mol. The molecule has 150 valence electrons. The van der Waals surface area contributed by atoms with Gasteiger partial charge in [-0.15, -0.1) is 0 Å². The first-order valence-corrected chi connectivity index (χ1v) is 9.07. The fourth-order valence-electron chi connectivity index (χ4n) is 3.27. The van der Waals surface area contributed by atoms with E-state index in [1.807, 2.05) is 30.3 Å². The van der Waals surface area contributed by atoms with E-state index >= 15 is 0 Å². The van der Waals surface area contributed by atoms with Gasteiger partial charge in [0.05, 0.1) is 18.7 Å². The van der Waals surface area contributed by atoms with Gasteiger partial charge in [0, 0.05) is 18.2 Å². The highest BCUT2D eigenvalue weighted by atomic mass is 16.5. The van der Waals surface area contributed by atoms with Gasteiger partial charge >= 0.3 is 5.69 Å². The van der Waals surface area contributed by atoms with Crippen molar-refractivity contribution >= 4 is 5.91 Å². The molecular formula is C19H24N4O5. The van der Waals surface area contributed by atoms with Crippen molar-refractivity contribution in [2.45, 2.75) is 44.2 Å². The van der Waals surface area contributed by atoms with E-state index in [1.54, 1.807) is 6.92 Å². The third-order valence-electron chi connectivity index (χ3n) is 4.84. The van der Waals surface area contributed by atoms with Crippen molar-refractivity contribution in [2.75, 3.05) is 6.61 Å². The van der Waals surface area contributed by atoms with Crippen LogP contribution < -0.4 is 22.3 Å². The van der Waals surface area contributed by atoms with Gasteiger partial charge in [-0.3, -0.25) is 19.1 Å². The van der Waals surface area contributed by atoms with Crippen LogP contribution >= 0.6 is 0 Å². The lowest BCUT2D eigenvalue weighted by atomic mass is 10.0. The van der Waals surface area contributed by atoms with E-state index in [1.165, 1.54) is 10.8 Å². The molecule has 0 radical (unpaired) electrons. The van der Waals surface area contributed by atoms with Crippen molar-refractivity contribution in [2.24, 2.45) is 5.73 Å². The van der Waals surface area contributed by atoms with E-state index in [4.69, 9.17) is 10.5 Å². The molecule has 28 heavy (non-hydrogen) atoms. The van der Waals surface area contributed by atoms with Crippen LogP contribution in [0, 0.1) is 6.92 Å². The summed E-state index contributed by atoms with van der Waals surface area (Å²) in [6.45, 7) is 1.25.